The highest BCUT2D eigenvalue weighted by Gasteiger charge is 2.23. The lowest BCUT2D eigenvalue weighted by Crippen LogP contribution is -2.46. The number of carbonyl (C=O) groups is 3. The zero-order valence-corrected chi connectivity index (χ0v) is 14.1. The van der Waals surface area contributed by atoms with Crippen LogP contribution in [0.2, 0.25) is 5.02 Å². The van der Waals surface area contributed by atoms with E-state index in [1.807, 2.05) is 0 Å². The summed E-state index contributed by atoms with van der Waals surface area (Å²) >= 11 is 5.84. The summed E-state index contributed by atoms with van der Waals surface area (Å²) in [5.41, 5.74) is 0.0891. The minimum Gasteiger partial charge on any atom is -0.496 e. The van der Waals surface area contributed by atoms with Crippen LogP contribution in [0.3, 0.4) is 0 Å². The zero-order chi connectivity index (χ0) is 17.6. The predicted octanol–water partition coefficient (Wildman–Crippen LogP) is 2.13. The molecule has 1 atom stereocenters. The van der Waals surface area contributed by atoms with Gasteiger partial charge >= 0.3 is 12.0 Å². The molecular formula is C15H19ClN2O5. The van der Waals surface area contributed by atoms with E-state index in [4.69, 9.17) is 21.1 Å². The molecule has 0 spiro atoms. The highest BCUT2D eigenvalue weighted by molar-refractivity contribution is 6.31. The Morgan fingerprint density at radius 3 is 2.39 bits per heavy atom. The maximum absolute atomic E-state index is 12.1. The van der Waals surface area contributed by atoms with Gasteiger partial charge in [0.2, 0.25) is 0 Å². The third-order valence-electron chi connectivity index (χ3n) is 2.69. The van der Waals surface area contributed by atoms with Crippen LogP contribution in [0.4, 0.5) is 4.79 Å². The first kappa shape index (κ1) is 18.8. The molecule has 0 unspecified atom stereocenters. The Bertz CT molecular complexity index is 604. The monoisotopic (exact) mass is 342 g/mol. The van der Waals surface area contributed by atoms with E-state index in [2.05, 4.69) is 10.6 Å². The van der Waals surface area contributed by atoms with E-state index in [1.165, 1.54) is 26.2 Å². The zero-order valence-electron chi connectivity index (χ0n) is 13.3. The molecule has 0 saturated carbocycles. The first-order valence-electron chi connectivity index (χ1n) is 6.90. The fourth-order valence-corrected chi connectivity index (χ4v) is 1.80. The smallest absolute Gasteiger partial charge is 0.342 e. The van der Waals surface area contributed by atoms with Crippen LogP contribution in [0.1, 0.15) is 31.1 Å². The molecule has 0 radical (unpaired) electrons. The van der Waals surface area contributed by atoms with Crippen molar-refractivity contribution in [2.75, 3.05) is 7.11 Å². The highest BCUT2D eigenvalue weighted by atomic mass is 35.5. The van der Waals surface area contributed by atoms with Gasteiger partial charge in [-0.2, -0.15) is 0 Å². The van der Waals surface area contributed by atoms with Crippen LogP contribution in [0, 0.1) is 0 Å². The van der Waals surface area contributed by atoms with Gasteiger partial charge in [-0.3, -0.25) is 10.1 Å². The van der Waals surface area contributed by atoms with Crippen LogP contribution in [0.25, 0.3) is 0 Å². The van der Waals surface area contributed by atoms with Gasteiger partial charge in [0.15, 0.2) is 6.10 Å². The maximum Gasteiger partial charge on any atom is 0.342 e. The Kier molecular flexibility index (Phi) is 6.84. The summed E-state index contributed by atoms with van der Waals surface area (Å²) in [5.74, 6) is -1.25. The van der Waals surface area contributed by atoms with Gasteiger partial charge in [0.05, 0.1) is 7.11 Å². The molecule has 126 valence electrons. The van der Waals surface area contributed by atoms with Crippen molar-refractivity contribution in [3.8, 4) is 5.75 Å². The largest absolute Gasteiger partial charge is 0.496 e. The van der Waals surface area contributed by atoms with Gasteiger partial charge in [-0.25, -0.2) is 9.59 Å². The average Bonchev–Trinajstić information content (AvgIpc) is 2.45. The standard InChI is InChI=1S/C15H19ClN2O5/c1-8(2)17-15(21)18-13(19)9(3)23-14(20)11-7-10(16)5-6-12(11)22-4/h5-9H,1-4H3,(H2,17,18,19,21)/t9-/m1/s1. The van der Waals surface area contributed by atoms with Gasteiger partial charge in [0, 0.05) is 11.1 Å². The first-order chi connectivity index (χ1) is 10.7. The van der Waals surface area contributed by atoms with E-state index in [1.54, 1.807) is 19.9 Å². The van der Waals surface area contributed by atoms with Crippen molar-refractivity contribution in [2.45, 2.75) is 32.9 Å². The van der Waals surface area contributed by atoms with E-state index >= 15 is 0 Å². The van der Waals surface area contributed by atoms with E-state index in [-0.39, 0.29) is 17.4 Å². The number of carbonyl (C=O) groups excluding carboxylic acids is 3. The fraction of sp³-hybridized carbons (Fsp3) is 0.400. The van der Waals surface area contributed by atoms with Crippen LogP contribution in [-0.2, 0) is 9.53 Å². The SMILES string of the molecule is COc1ccc(Cl)cc1C(=O)O[C@H](C)C(=O)NC(=O)NC(C)C. The molecule has 0 aliphatic rings. The molecule has 23 heavy (non-hydrogen) atoms. The van der Waals surface area contributed by atoms with Gasteiger partial charge in [0.25, 0.3) is 5.91 Å². The lowest BCUT2D eigenvalue weighted by atomic mass is 10.2. The number of hydrogen-bond donors (Lipinski definition) is 2. The quantitative estimate of drug-likeness (QED) is 0.799. The molecule has 8 heteroatoms. The first-order valence-corrected chi connectivity index (χ1v) is 7.28. The van der Waals surface area contributed by atoms with Gasteiger partial charge in [-0.1, -0.05) is 11.6 Å². The highest BCUT2D eigenvalue weighted by Crippen LogP contribution is 2.23. The van der Waals surface area contributed by atoms with Crippen molar-refractivity contribution in [1.29, 1.82) is 0 Å². The van der Waals surface area contributed by atoms with Crippen LogP contribution < -0.4 is 15.4 Å². The van der Waals surface area contributed by atoms with Crippen molar-refractivity contribution < 1.29 is 23.9 Å². The van der Waals surface area contributed by atoms with E-state index in [0.717, 1.165) is 0 Å². The van der Waals surface area contributed by atoms with Crippen molar-refractivity contribution >= 4 is 29.5 Å². The molecule has 0 saturated heterocycles. The van der Waals surface area contributed by atoms with Crippen LogP contribution in [-0.4, -0.2) is 37.2 Å². The second-order valence-corrected chi connectivity index (χ2v) is 5.45. The van der Waals surface area contributed by atoms with Gasteiger partial charge in [-0.15, -0.1) is 0 Å². The van der Waals surface area contributed by atoms with Gasteiger partial charge < -0.3 is 14.8 Å². The number of halogens is 1. The Morgan fingerprint density at radius 1 is 1.17 bits per heavy atom. The second-order valence-electron chi connectivity index (χ2n) is 5.01. The number of benzene rings is 1. The van der Waals surface area contributed by atoms with Crippen LogP contribution in [0.5, 0.6) is 5.75 Å². The Labute approximate surface area is 139 Å². The number of nitrogens with one attached hydrogen (secondary N) is 2. The summed E-state index contributed by atoms with van der Waals surface area (Å²) in [7, 11) is 1.40. The third-order valence-corrected chi connectivity index (χ3v) is 2.93. The number of hydrogen-bond acceptors (Lipinski definition) is 5. The van der Waals surface area contributed by atoms with E-state index in [0.29, 0.717) is 5.02 Å². The minimum absolute atomic E-state index is 0.0891. The Morgan fingerprint density at radius 2 is 1.83 bits per heavy atom. The fourth-order valence-electron chi connectivity index (χ4n) is 1.63. The third kappa shape index (κ3) is 5.78. The molecule has 0 aliphatic carbocycles. The van der Waals surface area contributed by atoms with Crippen LogP contribution in [0.15, 0.2) is 18.2 Å². The Balaban J connectivity index is 2.71. The van der Waals surface area contributed by atoms with Crippen molar-refractivity contribution in [3.63, 3.8) is 0 Å². The number of ether oxygens (including phenoxy) is 2. The number of methoxy groups -OCH3 is 1. The summed E-state index contributed by atoms with van der Waals surface area (Å²) in [6.45, 7) is 4.85. The molecule has 3 amide bonds. The number of amides is 3. The number of esters is 1. The molecule has 2 N–H and O–H groups in total. The number of urea groups is 1. The average molecular weight is 343 g/mol. The molecule has 1 rings (SSSR count). The topological polar surface area (TPSA) is 93.7 Å². The van der Waals surface area contributed by atoms with Gasteiger partial charge in [0.1, 0.15) is 11.3 Å². The molecule has 1 aromatic carbocycles. The van der Waals surface area contributed by atoms with Gasteiger partial charge in [-0.05, 0) is 39.0 Å². The minimum atomic E-state index is -1.16. The molecule has 0 aliphatic heterocycles. The van der Waals surface area contributed by atoms with Crippen molar-refractivity contribution in [1.82, 2.24) is 10.6 Å². The predicted molar refractivity (Wildman–Crippen MR) is 84.7 cm³/mol. The summed E-state index contributed by atoms with van der Waals surface area (Å²) < 4.78 is 10.1. The summed E-state index contributed by atoms with van der Waals surface area (Å²) in [4.78, 5) is 35.4. The lowest BCUT2D eigenvalue weighted by Gasteiger charge is -2.15. The lowest BCUT2D eigenvalue weighted by molar-refractivity contribution is -0.127. The summed E-state index contributed by atoms with van der Waals surface area (Å²) in [6, 6.07) is 3.66. The van der Waals surface area contributed by atoms with Crippen molar-refractivity contribution in [3.05, 3.63) is 28.8 Å². The molecule has 7 nitrogen and oxygen atoms in total. The molecule has 0 aromatic heterocycles. The van der Waals surface area contributed by atoms with Crippen molar-refractivity contribution in [2.24, 2.45) is 0 Å². The number of rotatable bonds is 5. The maximum atomic E-state index is 12.1. The number of imide groups is 1. The molecule has 0 heterocycles. The Hall–Kier alpha value is -2.28. The molecule has 0 fully saturated rings. The second kappa shape index (κ2) is 8.38. The normalized spacial score (nSPS) is 11.6. The molecule has 0 bridgehead atoms. The summed E-state index contributed by atoms with van der Waals surface area (Å²) in [6.07, 6.45) is -1.16. The molecular weight excluding hydrogens is 324 g/mol. The van der Waals surface area contributed by atoms with E-state index in [9.17, 15) is 14.4 Å². The van der Waals surface area contributed by atoms with E-state index < -0.39 is 24.0 Å². The van der Waals surface area contributed by atoms with Crippen LogP contribution >= 0.6 is 11.6 Å². The summed E-state index contributed by atoms with van der Waals surface area (Å²) in [5, 5.41) is 4.90. The molecule has 1 aromatic rings.